The topological polar surface area (TPSA) is 92.7 Å². The second kappa shape index (κ2) is 7.59. The second-order valence-corrected chi connectivity index (χ2v) is 3.76. The summed E-state index contributed by atoms with van der Waals surface area (Å²) in [6.07, 6.45) is -0.454. The van der Waals surface area contributed by atoms with Crippen molar-refractivity contribution in [2.24, 2.45) is 0 Å². The number of amides is 1. The molecule has 1 aromatic rings. The number of methoxy groups -OCH3 is 1. The summed E-state index contributed by atoms with van der Waals surface area (Å²) in [7, 11) is 1.14. The van der Waals surface area contributed by atoms with Crippen LogP contribution in [0.25, 0.3) is 0 Å². The van der Waals surface area contributed by atoms with Gasteiger partial charge in [0.05, 0.1) is 13.5 Å². The molecule has 0 unspecified atom stereocenters. The van der Waals surface area contributed by atoms with Crippen LogP contribution in [0.1, 0.15) is 12.0 Å². The van der Waals surface area contributed by atoms with Crippen LogP contribution >= 0.6 is 0 Å². The molecule has 6 nitrogen and oxygen atoms in total. The Morgan fingerprint density at radius 1 is 1.30 bits per heavy atom. The minimum atomic E-state index is -1.36. The molecule has 2 N–H and O–H groups in total. The molecule has 1 aromatic carbocycles. The molecule has 0 aliphatic rings. The van der Waals surface area contributed by atoms with Crippen molar-refractivity contribution in [2.45, 2.75) is 12.5 Å². The van der Waals surface area contributed by atoms with E-state index in [1.165, 1.54) is 0 Å². The number of carboxylic acids is 1. The Hall–Kier alpha value is -2.81. The maximum atomic E-state index is 11.5. The van der Waals surface area contributed by atoms with Crippen molar-refractivity contribution in [2.75, 3.05) is 7.11 Å². The first-order valence-corrected chi connectivity index (χ1v) is 5.70. The fourth-order valence-electron chi connectivity index (χ4n) is 1.29. The summed E-state index contributed by atoms with van der Waals surface area (Å²) in [5.41, 5.74) is 0.627. The average Bonchev–Trinajstić information content (AvgIpc) is 2.45. The zero-order valence-corrected chi connectivity index (χ0v) is 10.8. The van der Waals surface area contributed by atoms with E-state index < -0.39 is 30.3 Å². The highest BCUT2D eigenvalue weighted by atomic mass is 16.5. The third-order valence-corrected chi connectivity index (χ3v) is 2.30. The van der Waals surface area contributed by atoms with Crippen LogP contribution in [-0.2, 0) is 19.1 Å². The zero-order valence-electron chi connectivity index (χ0n) is 10.8. The van der Waals surface area contributed by atoms with Crippen molar-refractivity contribution in [1.82, 2.24) is 5.32 Å². The fraction of sp³-hybridized carbons (Fsp3) is 0.214. The number of rotatable bonds is 4. The molecule has 0 radical (unpaired) electrons. The fourth-order valence-corrected chi connectivity index (χ4v) is 1.29. The standard InChI is InChI=1S/C14H13NO5/c1-20-13(17)9-11(14(18)19)15-12(16)8-7-10-5-3-2-4-6-10/h2-6,11H,9H2,1H3,(H,15,16)(H,18,19)/t11-/m0/s1. The predicted octanol–water partition coefficient (Wildman–Crippen LogP) is 0.171. The summed E-state index contributed by atoms with van der Waals surface area (Å²) >= 11 is 0. The molecule has 6 heteroatoms. The van der Waals surface area contributed by atoms with E-state index in [0.717, 1.165) is 7.11 Å². The summed E-state index contributed by atoms with van der Waals surface area (Å²) in [6.45, 7) is 0. The van der Waals surface area contributed by atoms with Gasteiger partial charge in [0.2, 0.25) is 0 Å². The van der Waals surface area contributed by atoms with E-state index in [4.69, 9.17) is 5.11 Å². The van der Waals surface area contributed by atoms with Crippen molar-refractivity contribution in [3.8, 4) is 11.8 Å². The van der Waals surface area contributed by atoms with Gasteiger partial charge in [0.25, 0.3) is 5.91 Å². The number of nitrogens with one attached hydrogen (secondary N) is 1. The van der Waals surface area contributed by atoms with Gasteiger partial charge in [0.15, 0.2) is 0 Å². The van der Waals surface area contributed by atoms with Crippen molar-refractivity contribution in [3.05, 3.63) is 35.9 Å². The predicted molar refractivity (Wildman–Crippen MR) is 69.5 cm³/mol. The quantitative estimate of drug-likeness (QED) is 0.603. The second-order valence-electron chi connectivity index (χ2n) is 3.76. The monoisotopic (exact) mass is 275 g/mol. The van der Waals surface area contributed by atoms with Gasteiger partial charge in [0, 0.05) is 11.5 Å². The van der Waals surface area contributed by atoms with E-state index in [9.17, 15) is 14.4 Å². The number of benzene rings is 1. The van der Waals surface area contributed by atoms with Gasteiger partial charge in [-0.1, -0.05) is 24.1 Å². The van der Waals surface area contributed by atoms with E-state index in [1.807, 2.05) is 6.07 Å². The van der Waals surface area contributed by atoms with E-state index in [1.54, 1.807) is 24.3 Å². The number of aliphatic carboxylic acids is 1. The first-order chi connectivity index (χ1) is 9.52. The lowest BCUT2D eigenvalue weighted by atomic mass is 10.2. The van der Waals surface area contributed by atoms with Crippen molar-refractivity contribution in [3.63, 3.8) is 0 Å². The highest BCUT2D eigenvalue weighted by Gasteiger charge is 2.22. The smallest absolute Gasteiger partial charge is 0.326 e. The summed E-state index contributed by atoms with van der Waals surface area (Å²) in [4.78, 5) is 33.4. The summed E-state index contributed by atoms with van der Waals surface area (Å²) in [6, 6.07) is 7.40. The van der Waals surface area contributed by atoms with Crippen molar-refractivity contribution < 1.29 is 24.2 Å². The number of esters is 1. The van der Waals surface area contributed by atoms with Crippen LogP contribution in [0, 0.1) is 11.8 Å². The van der Waals surface area contributed by atoms with Crippen LogP contribution in [0.15, 0.2) is 30.3 Å². The van der Waals surface area contributed by atoms with Gasteiger partial charge in [-0.15, -0.1) is 0 Å². The van der Waals surface area contributed by atoms with Crippen LogP contribution in [-0.4, -0.2) is 36.1 Å². The van der Waals surface area contributed by atoms with Gasteiger partial charge in [-0.25, -0.2) is 4.79 Å². The molecular formula is C14H13NO5. The molecule has 0 heterocycles. The number of hydrogen-bond acceptors (Lipinski definition) is 4. The normalized spacial score (nSPS) is 10.7. The Labute approximate surface area is 115 Å². The third kappa shape index (κ3) is 5.23. The summed E-state index contributed by atoms with van der Waals surface area (Å²) < 4.78 is 4.35. The molecule has 20 heavy (non-hydrogen) atoms. The van der Waals surface area contributed by atoms with Crippen LogP contribution < -0.4 is 5.32 Å². The molecule has 0 aliphatic carbocycles. The Bertz CT molecular complexity index is 556. The highest BCUT2D eigenvalue weighted by molar-refractivity contribution is 5.97. The number of carboxylic acid groups (broad SMARTS) is 1. The van der Waals surface area contributed by atoms with Crippen LogP contribution in [0.5, 0.6) is 0 Å². The minimum absolute atomic E-state index is 0.454. The number of carbonyl (C=O) groups is 3. The molecule has 0 bridgehead atoms. The Morgan fingerprint density at radius 2 is 1.95 bits per heavy atom. The van der Waals surface area contributed by atoms with Gasteiger partial charge >= 0.3 is 11.9 Å². The molecule has 1 atom stereocenters. The molecule has 0 fully saturated rings. The molecular weight excluding hydrogens is 262 g/mol. The van der Waals surface area contributed by atoms with E-state index in [2.05, 4.69) is 21.9 Å². The van der Waals surface area contributed by atoms with Gasteiger partial charge in [-0.3, -0.25) is 9.59 Å². The van der Waals surface area contributed by atoms with Gasteiger partial charge in [0.1, 0.15) is 6.04 Å². The zero-order chi connectivity index (χ0) is 15.0. The van der Waals surface area contributed by atoms with Crippen molar-refractivity contribution >= 4 is 17.8 Å². The minimum Gasteiger partial charge on any atom is -0.480 e. The van der Waals surface area contributed by atoms with Crippen LogP contribution in [0.3, 0.4) is 0 Å². The van der Waals surface area contributed by atoms with Gasteiger partial charge < -0.3 is 15.2 Å². The molecule has 0 aromatic heterocycles. The lowest BCUT2D eigenvalue weighted by Gasteiger charge is -2.10. The van der Waals surface area contributed by atoms with E-state index in [0.29, 0.717) is 5.56 Å². The molecule has 1 rings (SSSR count). The third-order valence-electron chi connectivity index (χ3n) is 2.30. The van der Waals surface area contributed by atoms with Crippen molar-refractivity contribution in [1.29, 1.82) is 0 Å². The maximum Gasteiger partial charge on any atom is 0.326 e. The van der Waals surface area contributed by atoms with E-state index >= 15 is 0 Å². The van der Waals surface area contributed by atoms with E-state index in [-0.39, 0.29) is 0 Å². The molecule has 0 saturated carbocycles. The number of carbonyl (C=O) groups excluding carboxylic acids is 2. The average molecular weight is 275 g/mol. The Kier molecular flexibility index (Phi) is 5.78. The molecule has 0 spiro atoms. The van der Waals surface area contributed by atoms with Crippen LogP contribution in [0.2, 0.25) is 0 Å². The SMILES string of the molecule is COC(=O)C[C@H](NC(=O)C#Cc1ccccc1)C(=O)O. The first kappa shape index (κ1) is 15.2. The van der Waals surface area contributed by atoms with Gasteiger partial charge in [-0.2, -0.15) is 0 Å². The first-order valence-electron chi connectivity index (χ1n) is 5.70. The van der Waals surface area contributed by atoms with Gasteiger partial charge in [-0.05, 0) is 12.1 Å². The molecule has 0 saturated heterocycles. The Balaban J connectivity index is 2.66. The summed E-state index contributed by atoms with van der Waals surface area (Å²) in [5, 5.41) is 11.0. The largest absolute Gasteiger partial charge is 0.480 e. The molecule has 104 valence electrons. The van der Waals surface area contributed by atoms with Crippen LogP contribution in [0.4, 0.5) is 0 Å². The molecule has 1 amide bonds. The highest BCUT2D eigenvalue weighted by Crippen LogP contribution is 1.96. The number of hydrogen-bond donors (Lipinski definition) is 2. The summed E-state index contributed by atoms with van der Waals surface area (Å²) in [5.74, 6) is 2.02. The number of ether oxygens (including phenoxy) is 1. The lowest BCUT2D eigenvalue weighted by Crippen LogP contribution is -2.41. The maximum absolute atomic E-state index is 11.5. The molecule has 0 aliphatic heterocycles. The Morgan fingerprint density at radius 3 is 2.50 bits per heavy atom. The lowest BCUT2D eigenvalue weighted by molar-refractivity contribution is -0.148.